The Kier molecular flexibility index (Phi) is 8.31. The van der Waals surface area contributed by atoms with Crippen molar-refractivity contribution in [1.82, 2.24) is 9.55 Å². The molecule has 24 heavy (non-hydrogen) atoms. The molecular weight excluding hydrogens is 294 g/mol. The Morgan fingerprint density at radius 2 is 1.54 bits per heavy atom. The number of rotatable bonds is 12. The lowest BCUT2D eigenvalue weighted by molar-refractivity contribution is 0.507. The third-order valence-corrected chi connectivity index (χ3v) is 4.64. The molecule has 1 heterocycles. The molecule has 0 saturated carbocycles. The first-order chi connectivity index (χ1) is 11.7. The van der Waals surface area contributed by atoms with Crippen molar-refractivity contribution in [2.45, 2.75) is 78.2 Å². The van der Waals surface area contributed by atoms with Crippen LogP contribution in [0.25, 0.3) is 11.0 Å². The summed E-state index contributed by atoms with van der Waals surface area (Å²) in [6.45, 7) is 6.47. The van der Waals surface area contributed by atoms with E-state index in [-0.39, 0.29) is 0 Å². The SMILES string of the molecule is CC(C)Cn1c(CCCCCCCCCCN)nc2ccccc21. The van der Waals surface area contributed by atoms with Crippen LogP contribution in [0.1, 0.15) is 71.0 Å². The maximum absolute atomic E-state index is 5.53. The Morgan fingerprint density at radius 3 is 2.21 bits per heavy atom. The summed E-state index contributed by atoms with van der Waals surface area (Å²) in [5, 5.41) is 0. The number of nitrogens with two attached hydrogens (primary N) is 1. The van der Waals surface area contributed by atoms with Gasteiger partial charge in [0.05, 0.1) is 11.0 Å². The molecule has 1 aromatic heterocycles. The van der Waals surface area contributed by atoms with Gasteiger partial charge in [0.15, 0.2) is 0 Å². The number of hydrogen-bond donors (Lipinski definition) is 1. The van der Waals surface area contributed by atoms with E-state index in [4.69, 9.17) is 10.7 Å². The van der Waals surface area contributed by atoms with E-state index in [1.807, 2.05) is 0 Å². The summed E-state index contributed by atoms with van der Waals surface area (Å²) in [4.78, 5) is 4.88. The average molecular weight is 330 g/mol. The lowest BCUT2D eigenvalue weighted by Gasteiger charge is -2.11. The summed E-state index contributed by atoms with van der Waals surface area (Å²) < 4.78 is 2.44. The highest BCUT2D eigenvalue weighted by atomic mass is 15.1. The molecule has 0 unspecified atom stereocenters. The van der Waals surface area contributed by atoms with Crippen LogP contribution >= 0.6 is 0 Å². The number of aryl methyl sites for hydroxylation is 1. The van der Waals surface area contributed by atoms with Crippen molar-refractivity contribution < 1.29 is 0 Å². The number of imidazole rings is 1. The van der Waals surface area contributed by atoms with Crippen molar-refractivity contribution in [1.29, 1.82) is 0 Å². The lowest BCUT2D eigenvalue weighted by Crippen LogP contribution is -2.08. The molecule has 2 rings (SSSR count). The minimum Gasteiger partial charge on any atom is -0.330 e. The van der Waals surface area contributed by atoms with E-state index in [0.29, 0.717) is 5.92 Å². The Balaban J connectivity index is 1.78. The van der Waals surface area contributed by atoms with Crippen LogP contribution in [0.5, 0.6) is 0 Å². The fourth-order valence-corrected chi connectivity index (χ4v) is 3.37. The average Bonchev–Trinajstić information content (AvgIpc) is 2.91. The summed E-state index contributed by atoms with van der Waals surface area (Å²) in [6, 6.07) is 8.55. The van der Waals surface area contributed by atoms with Crippen molar-refractivity contribution >= 4 is 11.0 Å². The molecule has 0 saturated heterocycles. The molecule has 3 nitrogen and oxygen atoms in total. The van der Waals surface area contributed by atoms with E-state index in [1.54, 1.807) is 0 Å². The normalized spacial score (nSPS) is 11.7. The number of nitrogens with zero attached hydrogens (tertiary/aromatic N) is 2. The largest absolute Gasteiger partial charge is 0.330 e. The van der Waals surface area contributed by atoms with Gasteiger partial charge < -0.3 is 10.3 Å². The Hall–Kier alpha value is -1.35. The van der Waals surface area contributed by atoms with Gasteiger partial charge in [-0.05, 0) is 37.4 Å². The molecular formula is C21H35N3. The third kappa shape index (κ3) is 5.94. The van der Waals surface area contributed by atoms with Crippen LogP contribution in [-0.4, -0.2) is 16.1 Å². The molecule has 0 spiro atoms. The summed E-state index contributed by atoms with van der Waals surface area (Å²) in [6.07, 6.45) is 11.6. The second-order valence-corrected chi connectivity index (χ2v) is 7.39. The van der Waals surface area contributed by atoms with Crippen LogP contribution in [0.4, 0.5) is 0 Å². The van der Waals surface area contributed by atoms with E-state index in [0.717, 1.165) is 25.0 Å². The Morgan fingerprint density at radius 1 is 0.917 bits per heavy atom. The van der Waals surface area contributed by atoms with E-state index in [2.05, 4.69) is 42.7 Å². The van der Waals surface area contributed by atoms with Gasteiger partial charge >= 0.3 is 0 Å². The first kappa shape index (κ1) is 19.0. The van der Waals surface area contributed by atoms with Gasteiger partial charge in [0.1, 0.15) is 5.82 Å². The predicted molar refractivity (Wildman–Crippen MR) is 104 cm³/mol. The Labute approximate surface area is 147 Å². The second kappa shape index (κ2) is 10.5. The van der Waals surface area contributed by atoms with Crippen molar-refractivity contribution in [2.75, 3.05) is 6.54 Å². The van der Waals surface area contributed by atoms with Gasteiger partial charge in [0.2, 0.25) is 0 Å². The van der Waals surface area contributed by atoms with Crippen LogP contribution in [0.3, 0.4) is 0 Å². The van der Waals surface area contributed by atoms with E-state index in [1.165, 1.54) is 62.7 Å². The second-order valence-electron chi connectivity index (χ2n) is 7.39. The van der Waals surface area contributed by atoms with Crippen LogP contribution in [-0.2, 0) is 13.0 Å². The molecule has 0 aliphatic heterocycles. The highest BCUT2D eigenvalue weighted by Crippen LogP contribution is 2.20. The summed E-state index contributed by atoms with van der Waals surface area (Å²) in [7, 11) is 0. The number of hydrogen-bond acceptors (Lipinski definition) is 2. The van der Waals surface area contributed by atoms with Crippen molar-refractivity contribution in [3.63, 3.8) is 0 Å². The zero-order chi connectivity index (χ0) is 17.2. The van der Waals surface area contributed by atoms with Crippen LogP contribution < -0.4 is 5.73 Å². The van der Waals surface area contributed by atoms with Crippen LogP contribution in [0.2, 0.25) is 0 Å². The number of aromatic nitrogens is 2. The van der Waals surface area contributed by atoms with Gasteiger partial charge in [-0.3, -0.25) is 0 Å². The number of para-hydroxylation sites is 2. The fourth-order valence-electron chi connectivity index (χ4n) is 3.37. The quantitative estimate of drug-likeness (QED) is 0.536. The molecule has 0 fully saturated rings. The van der Waals surface area contributed by atoms with Crippen molar-refractivity contribution in [3.05, 3.63) is 30.1 Å². The summed E-state index contributed by atoms with van der Waals surface area (Å²) in [5.74, 6) is 1.92. The monoisotopic (exact) mass is 329 g/mol. The van der Waals surface area contributed by atoms with Gasteiger partial charge in [-0.15, -0.1) is 0 Å². The van der Waals surface area contributed by atoms with E-state index >= 15 is 0 Å². The van der Waals surface area contributed by atoms with E-state index in [9.17, 15) is 0 Å². The third-order valence-electron chi connectivity index (χ3n) is 4.64. The van der Waals surface area contributed by atoms with Gasteiger partial charge in [-0.1, -0.05) is 64.5 Å². The minimum absolute atomic E-state index is 0.648. The molecule has 0 radical (unpaired) electrons. The maximum atomic E-state index is 5.53. The first-order valence-electron chi connectivity index (χ1n) is 9.86. The highest BCUT2D eigenvalue weighted by molar-refractivity contribution is 5.75. The smallest absolute Gasteiger partial charge is 0.109 e. The predicted octanol–water partition coefficient (Wildman–Crippen LogP) is 5.31. The highest BCUT2D eigenvalue weighted by Gasteiger charge is 2.11. The van der Waals surface area contributed by atoms with Gasteiger partial charge in [0, 0.05) is 13.0 Å². The maximum Gasteiger partial charge on any atom is 0.109 e. The zero-order valence-electron chi connectivity index (χ0n) is 15.6. The molecule has 3 heteroatoms. The topological polar surface area (TPSA) is 43.8 Å². The molecule has 1 aromatic carbocycles. The minimum atomic E-state index is 0.648. The fraction of sp³-hybridized carbons (Fsp3) is 0.667. The molecule has 2 N–H and O–H groups in total. The van der Waals surface area contributed by atoms with Gasteiger partial charge in [0.25, 0.3) is 0 Å². The zero-order valence-corrected chi connectivity index (χ0v) is 15.6. The van der Waals surface area contributed by atoms with Gasteiger partial charge in [-0.2, -0.15) is 0 Å². The molecule has 0 aliphatic rings. The molecule has 0 bridgehead atoms. The van der Waals surface area contributed by atoms with Crippen LogP contribution in [0.15, 0.2) is 24.3 Å². The first-order valence-corrected chi connectivity index (χ1v) is 9.86. The van der Waals surface area contributed by atoms with Crippen LogP contribution in [0, 0.1) is 5.92 Å². The van der Waals surface area contributed by atoms with Crippen molar-refractivity contribution in [3.8, 4) is 0 Å². The molecule has 0 amide bonds. The molecule has 0 aliphatic carbocycles. The summed E-state index contributed by atoms with van der Waals surface area (Å²) >= 11 is 0. The molecule has 134 valence electrons. The van der Waals surface area contributed by atoms with E-state index < -0.39 is 0 Å². The number of benzene rings is 1. The molecule has 2 aromatic rings. The standard InChI is InChI=1S/C21H35N3/c1-18(2)17-24-20-14-11-10-13-19(20)23-21(24)15-9-7-5-3-4-6-8-12-16-22/h10-11,13-14,18H,3-9,12,15-17,22H2,1-2H3. The lowest BCUT2D eigenvalue weighted by atomic mass is 10.1. The number of unbranched alkanes of at least 4 members (excludes halogenated alkanes) is 7. The van der Waals surface area contributed by atoms with Crippen molar-refractivity contribution in [2.24, 2.45) is 11.7 Å². The van der Waals surface area contributed by atoms with Gasteiger partial charge in [-0.25, -0.2) is 4.98 Å². The number of fused-ring (bicyclic) bond motifs is 1. The molecule has 0 atom stereocenters. The Bertz CT molecular complexity index is 586. The summed E-state index contributed by atoms with van der Waals surface area (Å²) in [5.41, 5.74) is 7.97.